The standard InChI is InChI=1S/C15H15NO3S2/c1-2-12(13-4-3-7-20-13)16-15(19)10-8-11(21-9-10)5-6-14(17)18/h3-9,12H,2H2,1H3,(H,16,19)(H,17,18). The normalized spacial score (nSPS) is 12.4. The van der Waals surface area contributed by atoms with Gasteiger partial charge < -0.3 is 10.4 Å². The van der Waals surface area contributed by atoms with E-state index in [2.05, 4.69) is 5.32 Å². The Kier molecular flexibility index (Phi) is 5.30. The first-order valence-corrected chi connectivity index (χ1v) is 8.20. The van der Waals surface area contributed by atoms with Gasteiger partial charge in [0.1, 0.15) is 0 Å². The Morgan fingerprint density at radius 1 is 1.43 bits per heavy atom. The second-order valence-electron chi connectivity index (χ2n) is 4.36. The summed E-state index contributed by atoms with van der Waals surface area (Å²) in [5, 5.41) is 15.3. The van der Waals surface area contributed by atoms with Crippen molar-refractivity contribution in [2.45, 2.75) is 19.4 Å². The molecule has 0 saturated carbocycles. The Morgan fingerprint density at radius 3 is 2.86 bits per heavy atom. The smallest absolute Gasteiger partial charge is 0.328 e. The van der Waals surface area contributed by atoms with Crippen molar-refractivity contribution in [3.8, 4) is 0 Å². The molecule has 2 rings (SSSR count). The van der Waals surface area contributed by atoms with Crippen molar-refractivity contribution >= 4 is 40.6 Å². The molecule has 0 spiro atoms. The summed E-state index contributed by atoms with van der Waals surface area (Å²) in [5.41, 5.74) is 0.556. The molecular weight excluding hydrogens is 306 g/mol. The van der Waals surface area contributed by atoms with Gasteiger partial charge >= 0.3 is 5.97 Å². The van der Waals surface area contributed by atoms with Crippen LogP contribution in [0.25, 0.3) is 6.08 Å². The molecular formula is C15H15NO3S2. The minimum atomic E-state index is -1.00. The molecule has 1 amide bonds. The molecule has 6 heteroatoms. The van der Waals surface area contributed by atoms with E-state index in [1.54, 1.807) is 22.8 Å². The van der Waals surface area contributed by atoms with Crippen LogP contribution in [0.15, 0.2) is 35.0 Å². The van der Waals surface area contributed by atoms with Gasteiger partial charge in [-0.1, -0.05) is 13.0 Å². The number of rotatable bonds is 6. The second-order valence-corrected chi connectivity index (χ2v) is 6.28. The van der Waals surface area contributed by atoms with Crippen LogP contribution >= 0.6 is 22.7 Å². The van der Waals surface area contributed by atoms with Gasteiger partial charge in [-0.2, -0.15) is 0 Å². The lowest BCUT2D eigenvalue weighted by molar-refractivity contribution is -0.131. The number of amides is 1. The van der Waals surface area contributed by atoms with Crippen LogP contribution in [-0.4, -0.2) is 17.0 Å². The molecule has 110 valence electrons. The molecule has 21 heavy (non-hydrogen) atoms. The molecule has 1 unspecified atom stereocenters. The van der Waals surface area contributed by atoms with Gasteiger partial charge in [0, 0.05) is 21.2 Å². The minimum absolute atomic E-state index is 0.00964. The minimum Gasteiger partial charge on any atom is -0.478 e. The lowest BCUT2D eigenvalue weighted by Crippen LogP contribution is -2.27. The van der Waals surface area contributed by atoms with Gasteiger partial charge in [0.15, 0.2) is 0 Å². The van der Waals surface area contributed by atoms with Crippen LogP contribution in [0, 0.1) is 0 Å². The van der Waals surface area contributed by atoms with Crippen LogP contribution in [0.1, 0.15) is 39.5 Å². The van der Waals surface area contributed by atoms with Crippen molar-refractivity contribution in [2.24, 2.45) is 0 Å². The molecule has 2 N–H and O–H groups in total. The van der Waals surface area contributed by atoms with Crippen LogP contribution in [0.3, 0.4) is 0 Å². The lowest BCUT2D eigenvalue weighted by atomic mass is 10.1. The maximum Gasteiger partial charge on any atom is 0.328 e. The van der Waals surface area contributed by atoms with Crippen molar-refractivity contribution in [2.75, 3.05) is 0 Å². The van der Waals surface area contributed by atoms with Gasteiger partial charge in [-0.15, -0.1) is 22.7 Å². The zero-order chi connectivity index (χ0) is 15.2. The highest BCUT2D eigenvalue weighted by Crippen LogP contribution is 2.23. The quantitative estimate of drug-likeness (QED) is 0.796. The molecule has 4 nitrogen and oxygen atoms in total. The molecule has 0 fully saturated rings. The third-order valence-electron chi connectivity index (χ3n) is 2.87. The number of carboxylic acid groups (broad SMARTS) is 1. The highest BCUT2D eigenvalue weighted by molar-refractivity contribution is 7.11. The summed E-state index contributed by atoms with van der Waals surface area (Å²) in [6.45, 7) is 2.03. The first-order valence-electron chi connectivity index (χ1n) is 6.44. The number of hydrogen-bond donors (Lipinski definition) is 2. The maximum absolute atomic E-state index is 12.2. The van der Waals surface area contributed by atoms with E-state index in [1.165, 1.54) is 17.4 Å². The summed E-state index contributed by atoms with van der Waals surface area (Å²) in [7, 11) is 0. The van der Waals surface area contributed by atoms with Gasteiger partial charge in [-0.3, -0.25) is 4.79 Å². The summed E-state index contributed by atoms with van der Waals surface area (Å²) in [4.78, 5) is 24.6. The van der Waals surface area contributed by atoms with Crippen LogP contribution in [0.2, 0.25) is 0 Å². The highest BCUT2D eigenvalue weighted by atomic mass is 32.1. The van der Waals surface area contributed by atoms with E-state index in [-0.39, 0.29) is 11.9 Å². The van der Waals surface area contributed by atoms with Crippen LogP contribution < -0.4 is 5.32 Å². The number of carbonyl (C=O) groups is 2. The highest BCUT2D eigenvalue weighted by Gasteiger charge is 2.15. The Bertz CT molecular complexity index is 644. The van der Waals surface area contributed by atoms with Crippen LogP contribution in [0.5, 0.6) is 0 Å². The van der Waals surface area contributed by atoms with Gasteiger partial charge in [0.05, 0.1) is 11.6 Å². The average molecular weight is 321 g/mol. The third kappa shape index (κ3) is 4.27. The molecule has 2 aromatic heterocycles. The Morgan fingerprint density at radius 2 is 2.24 bits per heavy atom. The topological polar surface area (TPSA) is 66.4 Å². The Balaban J connectivity index is 2.05. The van der Waals surface area contributed by atoms with Gasteiger partial charge in [0.25, 0.3) is 5.91 Å². The number of carboxylic acids is 1. The van der Waals surface area contributed by atoms with Gasteiger partial charge in [-0.05, 0) is 30.0 Å². The largest absolute Gasteiger partial charge is 0.478 e. The van der Waals surface area contributed by atoms with Gasteiger partial charge in [0.2, 0.25) is 0 Å². The fourth-order valence-electron chi connectivity index (χ4n) is 1.82. The number of nitrogens with one attached hydrogen (secondary N) is 1. The molecule has 0 bridgehead atoms. The van der Waals surface area contributed by atoms with Gasteiger partial charge in [-0.25, -0.2) is 4.79 Å². The van der Waals surface area contributed by atoms with E-state index < -0.39 is 5.97 Å². The lowest BCUT2D eigenvalue weighted by Gasteiger charge is -2.14. The Labute approximate surface area is 130 Å². The summed E-state index contributed by atoms with van der Waals surface area (Å²) in [6, 6.07) is 5.68. The van der Waals surface area contributed by atoms with Crippen molar-refractivity contribution in [1.29, 1.82) is 0 Å². The third-order valence-corrected chi connectivity index (χ3v) is 4.76. The zero-order valence-electron chi connectivity index (χ0n) is 11.4. The maximum atomic E-state index is 12.2. The van der Waals surface area contributed by atoms with Crippen LogP contribution in [0.4, 0.5) is 0 Å². The predicted molar refractivity (Wildman–Crippen MR) is 85.8 cm³/mol. The number of hydrogen-bond acceptors (Lipinski definition) is 4. The average Bonchev–Trinajstić information content (AvgIpc) is 3.13. The van der Waals surface area contributed by atoms with Crippen molar-refractivity contribution in [3.05, 3.63) is 50.4 Å². The van der Waals surface area contributed by atoms with E-state index in [4.69, 9.17) is 5.11 Å². The van der Waals surface area contributed by atoms with Crippen molar-refractivity contribution in [3.63, 3.8) is 0 Å². The van der Waals surface area contributed by atoms with E-state index in [1.807, 2.05) is 24.4 Å². The van der Waals surface area contributed by atoms with Crippen molar-refractivity contribution < 1.29 is 14.7 Å². The summed E-state index contributed by atoms with van der Waals surface area (Å²) in [6.07, 6.45) is 3.37. The van der Waals surface area contributed by atoms with E-state index in [9.17, 15) is 9.59 Å². The first-order chi connectivity index (χ1) is 10.1. The molecule has 0 aromatic carbocycles. The van der Waals surface area contributed by atoms with Crippen molar-refractivity contribution in [1.82, 2.24) is 5.32 Å². The fourth-order valence-corrected chi connectivity index (χ4v) is 3.46. The molecule has 0 aliphatic carbocycles. The fraction of sp³-hybridized carbons (Fsp3) is 0.200. The molecule has 2 heterocycles. The Hall–Kier alpha value is -1.92. The monoisotopic (exact) mass is 321 g/mol. The predicted octanol–water partition coefficient (Wildman–Crippen LogP) is 3.79. The molecule has 0 aliphatic rings. The summed E-state index contributed by atoms with van der Waals surface area (Å²) < 4.78 is 0. The molecule has 0 saturated heterocycles. The first kappa shape index (κ1) is 15.5. The van der Waals surface area contributed by atoms with E-state index >= 15 is 0 Å². The zero-order valence-corrected chi connectivity index (χ0v) is 13.0. The molecule has 0 aliphatic heterocycles. The number of thiophene rings is 2. The summed E-state index contributed by atoms with van der Waals surface area (Å²) >= 11 is 2.96. The molecule has 2 aromatic rings. The van der Waals surface area contributed by atoms with Crippen LogP contribution in [-0.2, 0) is 4.79 Å². The van der Waals surface area contributed by atoms with E-state index in [0.29, 0.717) is 5.56 Å². The number of carbonyl (C=O) groups excluding carboxylic acids is 1. The summed E-state index contributed by atoms with van der Waals surface area (Å²) in [5.74, 6) is -1.14. The number of aliphatic carboxylic acids is 1. The second kappa shape index (κ2) is 7.19. The molecule has 1 atom stereocenters. The van der Waals surface area contributed by atoms with E-state index in [0.717, 1.165) is 22.3 Å². The molecule has 0 radical (unpaired) electrons. The SMILES string of the molecule is CCC(NC(=O)c1csc(C=CC(=O)O)c1)c1cccs1.